The highest BCUT2D eigenvalue weighted by Crippen LogP contribution is 2.23. The van der Waals surface area contributed by atoms with E-state index in [4.69, 9.17) is 0 Å². The first-order valence-electron chi connectivity index (χ1n) is 6.80. The van der Waals surface area contributed by atoms with E-state index in [1.807, 2.05) is 60.7 Å². The fraction of sp³-hybridized carbons (Fsp3) is 0. The topological polar surface area (TPSA) is 17.1 Å². The number of hydrogen-bond donors (Lipinski definition) is 0. The van der Waals surface area contributed by atoms with Crippen LogP contribution in [0.2, 0.25) is 0 Å². The summed E-state index contributed by atoms with van der Waals surface area (Å²) in [6, 6.07) is 23.9. The third-order valence-electron chi connectivity index (χ3n) is 3.43. The van der Waals surface area contributed by atoms with Gasteiger partial charge in [0.05, 0.1) is 0 Å². The van der Waals surface area contributed by atoms with E-state index >= 15 is 0 Å². The van der Waals surface area contributed by atoms with Gasteiger partial charge in [-0.05, 0) is 74.5 Å². The fourth-order valence-corrected chi connectivity index (χ4v) is 3.34. The van der Waals surface area contributed by atoms with Crippen LogP contribution in [0.25, 0.3) is 11.1 Å². The number of rotatable bonds is 3. The van der Waals surface area contributed by atoms with E-state index in [0.717, 1.165) is 29.4 Å². The molecule has 0 aliphatic heterocycles. The summed E-state index contributed by atoms with van der Waals surface area (Å²) in [6.07, 6.45) is 0. The molecule has 0 saturated carbocycles. The molecule has 1 nitrogen and oxygen atoms in total. The van der Waals surface area contributed by atoms with Crippen LogP contribution in [0.1, 0.15) is 15.9 Å². The van der Waals surface area contributed by atoms with Crippen LogP contribution < -0.4 is 0 Å². The van der Waals surface area contributed by atoms with Crippen molar-refractivity contribution in [3.63, 3.8) is 0 Å². The normalized spacial score (nSPS) is 10.5. The first-order valence-corrected chi connectivity index (χ1v) is 8.96. The number of carbonyl (C=O) groups excluding carboxylic acids is 1. The lowest BCUT2D eigenvalue weighted by Gasteiger charge is -2.06. The second-order valence-corrected chi connectivity index (χ2v) is 7.30. The van der Waals surface area contributed by atoms with Crippen molar-refractivity contribution in [2.75, 3.05) is 0 Å². The van der Waals surface area contributed by atoms with E-state index in [0.29, 0.717) is 0 Å². The van der Waals surface area contributed by atoms with E-state index in [1.165, 1.54) is 0 Å². The van der Waals surface area contributed by atoms with Gasteiger partial charge in [-0.15, -0.1) is 0 Å². The lowest BCUT2D eigenvalue weighted by atomic mass is 9.99. The van der Waals surface area contributed by atoms with Crippen molar-refractivity contribution in [3.05, 3.63) is 91.1 Å². The Bertz CT molecular complexity index is 809. The summed E-state index contributed by atoms with van der Waals surface area (Å²) in [4.78, 5) is 12.7. The van der Waals surface area contributed by atoms with Crippen LogP contribution >= 0.6 is 45.2 Å². The summed E-state index contributed by atoms with van der Waals surface area (Å²) >= 11 is 4.44. The van der Waals surface area contributed by atoms with E-state index in [1.54, 1.807) is 0 Å². The molecule has 0 bridgehead atoms. The molecular weight excluding hydrogens is 498 g/mol. The minimum atomic E-state index is 0.0718. The minimum Gasteiger partial charge on any atom is -0.289 e. The number of carbonyl (C=O) groups is 1. The van der Waals surface area contributed by atoms with Gasteiger partial charge in [-0.25, -0.2) is 0 Å². The molecule has 0 aromatic heterocycles. The maximum absolute atomic E-state index is 12.7. The number of ketones is 1. The molecule has 0 amide bonds. The molecule has 0 radical (unpaired) electrons. The molecule has 0 fully saturated rings. The maximum atomic E-state index is 12.7. The number of hydrogen-bond acceptors (Lipinski definition) is 1. The fourth-order valence-electron chi connectivity index (χ4n) is 2.27. The van der Waals surface area contributed by atoms with Gasteiger partial charge >= 0.3 is 0 Å². The van der Waals surface area contributed by atoms with Gasteiger partial charge in [0, 0.05) is 18.3 Å². The Morgan fingerprint density at radius 3 is 2.05 bits per heavy atom. The highest BCUT2D eigenvalue weighted by atomic mass is 127. The summed E-state index contributed by atoms with van der Waals surface area (Å²) in [5.74, 6) is 0.0718. The highest BCUT2D eigenvalue weighted by molar-refractivity contribution is 14.1. The van der Waals surface area contributed by atoms with E-state index in [2.05, 4.69) is 57.3 Å². The molecule has 108 valence electrons. The van der Waals surface area contributed by atoms with Crippen LogP contribution in [0, 0.1) is 7.14 Å². The average molecular weight is 510 g/mol. The zero-order valence-electron chi connectivity index (χ0n) is 11.6. The Morgan fingerprint density at radius 2 is 1.36 bits per heavy atom. The van der Waals surface area contributed by atoms with Crippen LogP contribution in [0.15, 0.2) is 72.8 Å². The zero-order valence-corrected chi connectivity index (χ0v) is 15.9. The molecule has 0 atom stereocenters. The predicted molar refractivity (Wildman–Crippen MR) is 107 cm³/mol. The Labute approximate surface area is 157 Å². The van der Waals surface area contributed by atoms with Gasteiger partial charge in [-0.2, -0.15) is 0 Å². The van der Waals surface area contributed by atoms with Crippen molar-refractivity contribution in [2.45, 2.75) is 0 Å². The minimum absolute atomic E-state index is 0.0718. The monoisotopic (exact) mass is 510 g/mol. The van der Waals surface area contributed by atoms with Gasteiger partial charge in [-0.3, -0.25) is 4.79 Å². The third kappa shape index (κ3) is 3.41. The van der Waals surface area contributed by atoms with Gasteiger partial charge in [0.1, 0.15) is 0 Å². The summed E-state index contributed by atoms with van der Waals surface area (Å²) < 4.78 is 2.05. The molecule has 0 N–H and O–H groups in total. The van der Waals surface area contributed by atoms with Crippen molar-refractivity contribution in [1.29, 1.82) is 0 Å². The van der Waals surface area contributed by atoms with Gasteiger partial charge in [0.2, 0.25) is 0 Å². The highest BCUT2D eigenvalue weighted by Gasteiger charge is 2.13. The smallest absolute Gasteiger partial charge is 0.194 e. The molecule has 0 aliphatic carbocycles. The average Bonchev–Trinajstić information content (AvgIpc) is 2.57. The molecule has 0 spiro atoms. The van der Waals surface area contributed by atoms with Crippen LogP contribution in [0.4, 0.5) is 0 Å². The standard InChI is InChI=1S/C19H12I2O/c20-16-10-11-18(21)17(12-16)19(22)15-8-6-14(7-9-15)13-4-2-1-3-5-13/h1-12H. The lowest BCUT2D eigenvalue weighted by molar-refractivity contribution is 0.103. The van der Waals surface area contributed by atoms with Gasteiger partial charge in [0.15, 0.2) is 5.78 Å². The lowest BCUT2D eigenvalue weighted by Crippen LogP contribution is -2.04. The van der Waals surface area contributed by atoms with Crippen molar-refractivity contribution in [2.24, 2.45) is 0 Å². The van der Waals surface area contributed by atoms with E-state index in [9.17, 15) is 4.79 Å². The number of halogens is 2. The Morgan fingerprint density at radius 1 is 0.727 bits per heavy atom. The SMILES string of the molecule is O=C(c1ccc(-c2ccccc2)cc1)c1cc(I)ccc1I. The molecule has 3 rings (SSSR count). The predicted octanol–water partition coefficient (Wildman–Crippen LogP) is 5.79. The van der Waals surface area contributed by atoms with Crippen LogP contribution in [0.3, 0.4) is 0 Å². The van der Waals surface area contributed by atoms with Crippen molar-refractivity contribution in [3.8, 4) is 11.1 Å². The summed E-state index contributed by atoms with van der Waals surface area (Å²) in [6.45, 7) is 0. The Kier molecular flexibility index (Phi) is 4.93. The number of benzene rings is 3. The maximum Gasteiger partial charge on any atom is 0.194 e. The molecule has 3 heteroatoms. The van der Waals surface area contributed by atoms with Gasteiger partial charge in [-0.1, -0.05) is 54.6 Å². The van der Waals surface area contributed by atoms with Crippen molar-refractivity contribution in [1.82, 2.24) is 0 Å². The van der Waals surface area contributed by atoms with Crippen LogP contribution in [0.5, 0.6) is 0 Å². The summed E-state index contributed by atoms with van der Waals surface area (Å²) in [5, 5.41) is 0. The largest absolute Gasteiger partial charge is 0.289 e. The van der Waals surface area contributed by atoms with E-state index < -0.39 is 0 Å². The molecule has 3 aromatic carbocycles. The molecule has 0 heterocycles. The molecule has 22 heavy (non-hydrogen) atoms. The van der Waals surface area contributed by atoms with E-state index in [-0.39, 0.29) is 5.78 Å². The van der Waals surface area contributed by atoms with Crippen LogP contribution in [-0.2, 0) is 0 Å². The first-order chi connectivity index (χ1) is 10.6. The van der Waals surface area contributed by atoms with Crippen molar-refractivity contribution >= 4 is 51.0 Å². The summed E-state index contributed by atoms with van der Waals surface area (Å²) in [7, 11) is 0. The molecular formula is C19H12I2O. The second-order valence-electron chi connectivity index (χ2n) is 4.90. The first kappa shape index (κ1) is 15.7. The quantitative estimate of drug-likeness (QED) is 0.322. The Hall–Kier alpha value is -1.21. The second kappa shape index (κ2) is 6.91. The molecule has 0 unspecified atom stereocenters. The third-order valence-corrected chi connectivity index (χ3v) is 5.04. The molecule has 0 aliphatic rings. The summed E-state index contributed by atoms with van der Waals surface area (Å²) in [5.41, 5.74) is 3.76. The Balaban J connectivity index is 1.93. The van der Waals surface area contributed by atoms with Crippen molar-refractivity contribution < 1.29 is 4.79 Å². The van der Waals surface area contributed by atoms with Crippen LogP contribution in [-0.4, -0.2) is 5.78 Å². The zero-order chi connectivity index (χ0) is 15.5. The molecule has 0 saturated heterocycles. The van der Waals surface area contributed by atoms with Gasteiger partial charge < -0.3 is 0 Å². The van der Waals surface area contributed by atoms with Gasteiger partial charge in [0.25, 0.3) is 0 Å². The molecule has 3 aromatic rings.